The highest BCUT2D eigenvalue weighted by atomic mass is 16.5. The summed E-state index contributed by atoms with van der Waals surface area (Å²) in [6.45, 7) is 0.192. The Morgan fingerprint density at radius 2 is 1.65 bits per heavy atom. The number of ether oxygens (including phenoxy) is 1. The molecule has 0 aliphatic heterocycles. The van der Waals surface area contributed by atoms with Gasteiger partial charge < -0.3 is 10.5 Å². The fourth-order valence-corrected chi connectivity index (χ4v) is 2.62. The molecule has 1 heterocycles. The third kappa shape index (κ3) is 5.22. The molecule has 0 unspecified atom stereocenters. The Balaban J connectivity index is 1.52. The molecule has 3 aromatic rings. The molecule has 0 aliphatic rings. The number of carbonyl (C=O) groups is 1. The lowest BCUT2D eigenvalue weighted by Crippen LogP contribution is -2.28. The second-order valence-corrected chi connectivity index (χ2v) is 6.05. The van der Waals surface area contributed by atoms with Gasteiger partial charge in [0.2, 0.25) is 0 Å². The molecule has 1 aromatic heterocycles. The monoisotopic (exact) mass is 351 g/mol. The molecule has 3 rings (SSSR count). The predicted molar refractivity (Wildman–Crippen MR) is 95.9 cm³/mol. The fraction of sp³-hybridized carbons (Fsp3) is 0.263. The van der Waals surface area contributed by atoms with Gasteiger partial charge in [0.05, 0.1) is 0 Å². The summed E-state index contributed by atoms with van der Waals surface area (Å²) in [5, 5.41) is 11.5. The molecule has 26 heavy (non-hydrogen) atoms. The number of esters is 1. The van der Waals surface area contributed by atoms with Gasteiger partial charge in [-0.3, -0.25) is 4.79 Å². The lowest BCUT2D eigenvalue weighted by Gasteiger charge is -2.11. The highest BCUT2D eigenvalue weighted by molar-refractivity contribution is 5.69. The van der Waals surface area contributed by atoms with Gasteiger partial charge in [-0.2, -0.15) is 0 Å². The number of tetrazole rings is 1. The molecule has 1 atom stereocenters. The Morgan fingerprint density at radius 1 is 1.00 bits per heavy atom. The number of nitrogens with zero attached hydrogens (tertiary/aromatic N) is 4. The molecule has 0 saturated heterocycles. The van der Waals surface area contributed by atoms with Crippen molar-refractivity contribution in [2.75, 3.05) is 0 Å². The topological polar surface area (TPSA) is 95.9 Å². The zero-order valence-corrected chi connectivity index (χ0v) is 14.4. The predicted octanol–water partition coefficient (Wildman–Crippen LogP) is 1.53. The Bertz CT molecular complexity index is 820. The van der Waals surface area contributed by atoms with E-state index >= 15 is 0 Å². The van der Waals surface area contributed by atoms with Gasteiger partial charge in [-0.05, 0) is 28.0 Å². The van der Waals surface area contributed by atoms with E-state index in [9.17, 15) is 4.79 Å². The Hall–Kier alpha value is -3.06. The van der Waals surface area contributed by atoms with E-state index in [4.69, 9.17) is 10.5 Å². The standard InChI is InChI=1S/C19H21N5O2/c20-17(11-15-7-3-1-4-8-15)12-18-21-22-23-24(18)13-19(25)26-14-16-9-5-2-6-10-16/h1-10,17H,11-14,20H2/t17-/m0/s1. The van der Waals surface area contributed by atoms with Crippen LogP contribution in [0, 0.1) is 0 Å². The first kappa shape index (κ1) is 17.8. The minimum atomic E-state index is -0.390. The lowest BCUT2D eigenvalue weighted by molar-refractivity contribution is -0.146. The summed E-state index contributed by atoms with van der Waals surface area (Å²) in [7, 11) is 0. The maximum absolute atomic E-state index is 12.0. The first-order chi connectivity index (χ1) is 12.7. The molecular formula is C19H21N5O2. The van der Waals surface area contributed by atoms with E-state index in [-0.39, 0.29) is 25.2 Å². The van der Waals surface area contributed by atoms with Gasteiger partial charge in [-0.25, -0.2) is 4.68 Å². The molecule has 0 aliphatic carbocycles. The van der Waals surface area contributed by atoms with Gasteiger partial charge in [-0.15, -0.1) is 5.10 Å². The van der Waals surface area contributed by atoms with Crippen LogP contribution >= 0.6 is 0 Å². The highest BCUT2D eigenvalue weighted by Gasteiger charge is 2.15. The van der Waals surface area contributed by atoms with Crippen molar-refractivity contribution in [3.05, 3.63) is 77.6 Å². The summed E-state index contributed by atoms with van der Waals surface area (Å²) >= 11 is 0. The molecule has 2 N–H and O–H groups in total. The second kappa shape index (κ2) is 8.87. The van der Waals surface area contributed by atoms with E-state index in [1.54, 1.807) is 0 Å². The van der Waals surface area contributed by atoms with Gasteiger partial charge in [0.15, 0.2) is 5.82 Å². The van der Waals surface area contributed by atoms with E-state index in [1.165, 1.54) is 4.68 Å². The first-order valence-electron chi connectivity index (χ1n) is 8.45. The summed E-state index contributed by atoms with van der Waals surface area (Å²) in [4.78, 5) is 12.0. The number of carbonyl (C=O) groups excluding carboxylic acids is 1. The maximum Gasteiger partial charge on any atom is 0.328 e. The summed E-state index contributed by atoms with van der Waals surface area (Å²) in [5.74, 6) is 0.184. The van der Waals surface area contributed by atoms with Crippen LogP contribution in [0.5, 0.6) is 0 Å². The normalized spacial score (nSPS) is 11.9. The number of rotatable bonds is 8. The molecule has 0 fully saturated rings. The van der Waals surface area contributed by atoms with Crippen LogP contribution in [-0.4, -0.2) is 32.2 Å². The van der Waals surface area contributed by atoms with Crippen molar-refractivity contribution >= 4 is 5.97 Å². The summed E-state index contributed by atoms with van der Waals surface area (Å²) in [6.07, 6.45) is 1.19. The van der Waals surface area contributed by atoms with E-state index in [1.807, 2.05) is 60.7 Å². The summed E-state index contributed by atoms with van der Waals surface area (Å²) in [5.41, 5.74) is 8.29. The van der Waals surface area contributed by atoms with E-state index < -0.39 is 0 Å². The molecule has 0 spiro atoms. The molecular weight excluding hydrogens is 330 g/mol. The largest absolute Gasteiger partial charge is 0.459 e. The number of benzene rings is 2. The van der Waals surface area contributed by atoms with Crippen LogP contribution in [0.4, 0.5) is 0 Å². The average molecular weight is 351 g/mol. The minimum absolute atomic E-state index is 0.0345. The summed E-state index contributed by atoms with van der Waals surface area (Å²) in [6, 6.07) is 19.4. The van der Waals surface area contributed by atoms with Gasteiger partial charge in [0.25, 0.3) is 0 Å². The number of hydrogen-bond donors (Lipinski definition) is 1. The Kier molecular flexibility index (Phi) is 6.05. The molecule has 134 valence electrons. The summed E-state index contributed by atoms with van der Waals surface area (Å²) < 4.78 is 6.71. The van der Waals surface area contributed by atoms with Gasteiger partial charge in [-0.1, -0.05) is 60.7 Å². The number of aromatic nitrogens is 4. The van der Waals surface area contributed by atoms with Crippen molar-refractivity contribution in [3.63, 3.8) is 0 Å². The van der Waals surface area contributed by atoms with E-state index in [2.05, 4.69) is 15.5 Å². The van der Waals surface area contributed by atoms with Crippen molar-refractivity contribution in [3.8, 4) is 0 Å². The molecule has 7 heteroatoms. The quantitative estimate of drug-likeness (QED) is 0.618. The average Bonchev–Trinajstić information content (AvgIpc) is 3.08. The van der Waals surface area contributed by atoms with Gasteiger partial charge in [0.1, 0.15) is 13.2 Å². The van der Waals surface area contributed by atoms with E-state index in [0.29, 0.717) is 18.7 Å². The second-order valence-electron chi connectivity index (χ2n) is 6.05. The van der Waals surface area contributed by atoms with Gasteiger partial charge in [0, 0.05) is 12.5 Å². The molecule has 0 bridgehead atoms. The Morgan fingerprint density at radius 3 is 2.35 bits per heavy atom. The van der Waals surface area contributed by atoms with Crippen LogP contribution in [0.3, 0.4) is 0 Å². The molecule has 7 nitrogen and oxygen atoms in total. The third-order valence-corrected chi connectivity index (χ3v) is 3.91. The smallest absolute Gasteiger partial charge is 0.328 e. The third-order valence-electron chi connectivity index (χ3n) is 3.91. The Labute approximate surface area is 151 Å². The number of hydrogen-bond acceptors (Lipinski definition) is 6. The highest BCUT2D eigenvalue weighted by Crippen LogP contribution is 2.06. The molecule has 2 aromatic carbocycles. The van der Waals surface area contributed by atoms with E-state index in [0.717, 1.165) is 11.1 Å². The van der Waals surface area contributed by atoms with Crippen LogP contribution in [0.25, 0.3) is 0 Å². The van der Waals surface area contributed by atoms with Crippen LogP contribution < -0.4 is 5.73 Å². The maximum atomic E-state index is 12.0. The number of nitrogens with two attached hydrogens (primary N) is 1. The van der Waals surface area contributed by atoms with Crippen LogP contribution in [-0.2, 0) is 35.5 Å². The molecule has 0 radical (unpaired) electrons. The van der Waals surface area contributed by atoms with Crippen molar-refractivity contribution in [2.45, 2.75) is 32.0 Å². The molecule has 0 saturated carbocycles. The minimum Gasteiger partial charge on any atom is -0.459 e. The fourth-order valence-electron chi connectivity index (χ4n) is 2.62. The van der Waals surface area contributed by atoms with Gasteiger partial charge >= 0.3 is 5.97 Å². The first-order valence-corrected chi connectivity index (χ1v) is 8.45. The van der Waals surface area contributed by atoms with Crippen LogP contribution in [0.15, 0.2) is 60.7 Å². The molecule has 0 amide bonds. The zero-order valence-electron chi connectivity index (χ0n) is 14.4. The van der Waals surface area contributed by atoms with Crippen molar-refractivity contribution < 1.29 is 9.53 Å². The lowest BCUT2D eigenvalue weighted by atomic mass is 10.0. The van der Waals surface area contributed by atoms with Crippen LogP contribution in [0.2, 0.25) is 0 Å². The SMILES string of the molecule is N[C@@H](Cc1ccccc1)Cc1nnnn1CC(=O)OCc1ccccc1. The van der Waals surface area contributed by atoms with Crippen molar-refractivity contribution in [1.82, 2.24) is 20.2 Å². The van der Waals surface area contributed by atoms with Crippen LogP contribution in [0.1, 0.15) is 17.0 Å². The van der Waals surface area contributed by atoms with Crippen molar-refractivity contribution in [2.24, 2.45) is 5.73 Å². The zero-order chi connectivity index (χ0) is 18.2. The van der Waals surface area contributed by atoms with Crippen molar-refractivity contribution in [1.29, 1.82) is 0 Å².